The van der Waals surface area contributed by atoms with Crippen molar-refractivity contribution in [2.24, 2.45) is 0 Å². The van der Waals surface area contributed by atoms with Gasteiger partial charge in [-0.25, -0.2) is 4.98 Å². The van der Waals surface area contributed by atoms with Crippen LogP contribution in [-0.2, 0) is 6.54 Å². The molecule has 2 aromatic rings. The standard InChI is InChI=1S/C13H13ClN2OS/c1-2-16-8-7-15-13(16)11(17)9-18-12-6-4-3-5-10(12)14/h3-8H,2,9H2,1H3. The minimum Gasteiger partial charge on any atom is -0.329 e. The van der Waals surface area contributed by atoms with Gasteiger partial charge in [-0.05, 0) is 19.1 Å². The fraction of sp³-hybridized carbons (Fsp3) is 0.231. The number of rotatable bonds is 5. The summed E-state index contributed by atoms with van der Waals surface area (Å²) < 4.78 is 1.84. The smallest absolute Gasteiger partial charge is 0.208 e. The SMILES string of the molecule is CCn1ccnc1C(=O)CSc1ccccc1Cl. The maximum absolute atomic E-state index is 12.0. The fourth-order valence-electron chi connectivity index (χ4n) is 1.59. The van der Waals surface area contributed by atoms with Crippen LogP contribution in [0.15, 0.2) is 41.6 Å². The number of benzene rings is 1. The van der Waals surface area contributed by atoms with E-state index in [0.29, 0.717) is 16.6 Å². The van der Waals surface area contributed by atoms with E-state index in [-0.39, 0.29) is 5.78 Å². The summed E-state index contributed by atoms with van der Waals surface area (Å²) in [6.45, 7) is 2.73. The average Bonchev–Trinajstić information content (AvgIpc) is 2.86. The summed E-state index contributed by atoms with van der Waals surface area (Å²) in [5.41, 5.74) is 0. The highest BCUT2D eigenvalue weighted by Gasteiger charge is 2.13. The largest absolute Gasteiger partial charge is 0.329 e. The van der Waals surface area contributed by atoms with Gasteiger partial charge in [0.15, 0.2) is 5.82 Å². The number of Topliss-reactive ketones (excluding diaryl/α,β-unsaturated/α-hetero) is 1. The monoisotopic (exact) mass is 280 g/mol. The summed E-state index contributed by atoms with van der Waals surface area (Å²) in [4.78, 5) is 17.0. The molecule has 0 fully saturated rings. The van der Waals surface area contributed by atoms with E-state index >= 15 is 0 Å². The molecule has 5 heteroatoms. The van der Waals surface area contributed by atoms with E-state index in [1.807, 2.05) is 42.0 Å². The van der Waals surface area contributed by atoms with Crippen LogP contribution < -0.4 is 0 Å². The van der Waals surface area contributed by atoms with E-state index in [4.69, 9.17) is 11.6 Å². The lowest BCUT2D eigenvalue weighted by atomic mass is 10.4. The topological polar surface area (TPSA) is 34.9 Å². The van der Waals surface area contributed by atoms with Crippen LogP contribution in [0, 0.1) is 0 Å². The number of hydrogen-bond donors (Lipinski definition) is 0. The zero-order chi connectivity index (χ0) is 13.0. The van der Waals surface area contributed by atoms with Crippen molar-refractivity contribution in [3.05, 3.63) is 47.5 Å². The number of imidazole rings is 1. The Bertz CT molecular complexity index is 553. The number of thioether (sulfide) groups is 1. The molecule has 0 aliphatic heterocycles. The van der Waals surface area contributed by atoms with Crippen molar-refractivity contribution in [2.45, 2.75) is 18.4 Å². The van der Waals surface area contributed by atoms with Gasteiger partial charge in [-0.15, -0.1) is 11.8 Å². The summed E-state index contributed by atoms with van der Waals surface area (Å²) >= 11 is 7.48. The first-order chi connectivity index (χ1) is 8.72. The van der Waals surface area contributed by atoms with Crippen LogP contribution in [0.1, 0.15) is 17.5 Å². The van der Waals surface area contributed by atoms with Crippen LogP contribution >= 0.6 is 23.4 Å². The first-order valence-corrected chi connectivity index (χ1v) is 7.00. The van der Waals surface area contributed by atoms with Crippen LogP contribution in [0.25, 0.3) is 0 Å². The molecule has 18 heavy (non-hydrogen) atoms. The second-order valence-corrected chi connectivity index (χ2v) is 5.10. The Morgan fingerprint density at radius 3 is 2.94 bits per heavy atom. The first-order valence-electron chi connectivity index (χ1n) is 5.64. The third kappa shape index (κ3) is 2.94. The molecule has 0 atom stereocenters. The van der Waals surface area contributed by atoms with E-state index in [1.165, 1.54) is 11.8 Å². The van der Waals surface area contributed by atoms with Crippen molar-refractivity contribution in [1.82, 2.24) is 9.55 Å². The van der Waals surface area contributed by atoms with Crippen LogP contribution in [-0.4, -0.2) is 21.1 Å². The molecular formula is C13H13ClN2OS. The molecule has 0 aliphatic rings. The van der Waals surface area contributed by atoms with Gasteiger partial charge < -0.3 is 4.57 Å². The molecule has 2 rings (SSSR count). The molecule has 0 bridgehead atoms. The van der Waals surface area contributed by atoms with E-state index in [9.17, 15) is 4.79 Å². The van der Waals surface area contributed by atoms with E-state index in [2.05, 4.69) is 4.98 Å². The van der Waals surface area contributed by atoms with Crippen molar-refractivity contribution in [2.75, 3.05) is 5.75 Å². The van der Waals surface area contributed by atoms with Crippen molar-refractivity contribution in [1.29, 1.82) is 0 Å². The molecule has 0 spiro atoms. The summed E-state index contributed by atoms with van der Waals surface area (Å²) in [5, 5.41) is 0.675. The van der Waals surface area contributed by atoms with Gasteiger partial charge in [0.05, 0.1) is 10.8 Å². The number of aromatic nitrogens is 2. The summed E-state index contributed by atoms with van der Waals surface area (Å²) in [5.74, 6) is 0.879. The van der Waals surface area contributed by atoms with E-state index in [0.717, 1.165) is 11.4 Å². The molecule has 0 N–H and O–H groups in total. The summed E-state index contributed by atoms with van der Waals surface area (Å²) in [6.07, 6.45) is 3.46. The van der Waals surface area contributed by atoms with Gasteiger partial charge >= 0.3 is 0 Å². The maximum atomic E-state index is 12.0. The first kappa shape index (κ1) is 13.2. The molecular weight excluding hydrogens is 268 g/mol. The van der Waals surface area contributed by atoms with Crippen molar-refractivity contribution >= 4 is 29.1 Å². The predicted molar refractivity (Wildman–Crippen MR) is 74.4 cm³/mol. The van der Waals surface area contributed by atoms with Gasteiger partial charge in [0.2, 0.25) is 5.78 Å². The minimum atomic E-state index is 0.0202. The second-order valence-electron chi connectivity index (χ2n) is 3.68. The maximum Gasteiger partial charge on any atom is 0.208 e. The predicted octanol–water partition coefficient (Wildman–Crippen LogP) is 3.53. The molecule has 0 saturated carbocycles. The number of nitrogens with zero attached hydrogens (tertiary/aromatic N) is 2. The van der Waals surface area contributed by atoms with Crippen LogP contribution in [0.3, 0.4) is 0 Å². The van der Waals surface area contributed by atoms with Crippen LogP contribution in [0.5, 0.6) is 0 Å². The average molecular weight is 281 g/mol. The van der Waals surface area contributed by atoms with Gasteiger partial charge in [0, 0.05) is 23.8 Å². The quantitative estimate of drug-likeness (QED) is 0.621. The Hall–Kier alpha value is -1.26. The molecule has 94 valence electrons. The Balaban J connectivity index is 2.03. The molecule has 1 aromatic heterocycles. The highest BCUT2D eigenvalue weighted by atomic mass is 35.5. The number of carbonyl (C=O) groups is 1. The Kier molecular flexibility index (Phi) is 4.44. The lowest BCUT2D eigenvalue weighted by molar-refractivity contribution is 0.100. The summed E-state index contributed by atoms with van der Waals surface area (Å²) in [6, 6.07) is 7.51. The number of hydrogen-bond acceptors (Lipinski definition) is 3. The normalized spacial score (nSPS) is 10.6. The second kappa shape index (κ2) is 6.07. The number of carbonyl (C=O) groups excluding carboxylic acids is 1. The van der Waals surface area contributed by atoms with Gasteiger partial charge in [-0.3, -0.25) is 4.79 Å². The highest BCUT2D eigenvalue weighted by molar-refractivity contribution is 8.00. The third-order valence-corrected chi connectivity index (χ3v) is 4.02. The highest BCUT2D eigenvalue weighted by Crippen LogP contribution is 2.26. The van der Waals surface area contributed by atoms with Crippen molar-refractivity contribution in [3.63, 3.8) is 0 Å². The molecule has 0 aliphatic carbocycles. The number of ketones is 1. The van der Waals surface area contributed by atoms with Gasteiger partial charge in [0.1, 0.15) is 0 Å². The number of aryl methyl sites for hydroxylation is 1. The minimum absolute atomic E-state index is 0.0202. The Morgan fingerprint density at radius 1 is 1.44 bits per heavy atom. The van der Waals surface area contributed by atoms with E-state index in [1.54, 1.807) is 6.20 Å². The molecule has 0 saturated heterocycles. The van der Waals surface area contributed by atoms with Gasteiger partial charge in [0.25, 0.3) is 0 Å². The number of halogens is 1. The molecule has 1 heterocycles. The molecule has 1 aromatic carbocycles. The van der Waals surface area contributed by atoms with Gasteiger partial charge in [-0.1, -0.05) is 23.7 Å². The Morgan fingerprint density at radius 2 is 2.22 bits per heavy atom. The lowest BCUT2D eigenvalue weighted by Crippen LogP contribution is -2.11. The van der Waals surface area contributed by atoms with E-state index < -0.39 is 0 Å². The summed E-state index contributed by atoms with van der Waals surface area (Å²) in [7, 11) is 0. The fourth-order valence-corrected chi connectivity index (χ4v) is 2.68. The molecule has 3 nitrogen and oxygen atoms in total. The molecule has 0 unspecified atom stereocenters. The Labute approximate surface area is 115 Å². The van der Waals surface area contributed by atoms with Gasteiger partial charge in [-0.2, -0.15) is 0 Å². The molecule has 0 radical (unpaired) electrons. The lowest BCUT2D eigenvalue weighted by Gasteiger charge is -2.05. The zero-order valence-electron chi connectivity index (χ0n) is 9.97. The third-order valence-electron chi connectivity index (χ3n) is 2.50. The molecule has 0 amide bonds. The van der Waals surface area contributed by atoms with Crippen LogP contribution in [0.2, 0.25) is 5.02 Å². The van der Waals surface area contributed by atoms with Crippen LogP contribution in [0.4, 0.5) is 0 Å². The zero-order valence-corrected chi connectivity index (χ0v) is 11.5. The van der Waals surface area contributed by atoms with Crippen molar-refractivity contribution in [3.8, 4) is 0 Å². The van der Waals surface area contributed by atoms with Crippen molar-refractivity contribution < 1.29 is 4.79 Å².